The molecule has 0 aliphatic heterocycles. The Morgan fingerprint density at radius 2 is 1.70 bits per heavy atom. The van der Waals surface area contributed by atoms with Gasteiger partial charge in [0.25, 0.3) is 5.91 Å². The lowest BCUT2D eigenvalue weighted by atomic mass is 9.59. The summed E-state index contributed by atoms with van der Waals surface area (Å²) in [5.74, 6) is 2.40. The van der Waals surface area contributed by atoms with Gasteiger partial charge in [-0.2, -0.15) is 4.98 Å². The third kappa shape index (κ3) is 5.35. The molecule has 2 aromatic carbocycles. The molecule has 1 heterocycles. The first-order valence-electron chi connectivity index (χ1n) is 11.2. The maximum Gasteiger partial charge on any atom is 0.258 e. The molecule has 1 amide bonds. The largest absolute Gasteiger partial charge is 0.485 e. The van der Waals surface area contributed by atoms with Crippen molar-refractivity contribution in [1.82, 2.24) is 15.5 Å². The average molecular weight is 450 g/mol. The lowest BCUT2D eigenvalue weighted by Gasteiger charge is -2.51. The van der Waals surface area contributed by atoms with Crippen LogP contribution in [0.15, 0.2) is 47.0 Å². The number of amides is 1. The summed E-state index contributed by atoms with van der Waals surface area (Å²) < 4.78 is 16.9. The zero-order valence-electron chi connectivity index (χ0n) is 19.9. The van der Waals surface area contributed by atoms with E-state index in [1.54, 1.807) is 0 Å². The highest BCUT2D eigenvalue weighted by Gasteiger charge is 2.53. The molecule has 0 atom stereocenters. The van der Waals surface area contributed by atoms with Crippen LogP contribution in [0.1, 0.15) is 55.1 Å². The van der Waals surface area contributed by atoms with Gasteiger partial charge in [-0.05, 0) is 75.9 Å². The molecule has 1 aliphatic carbocycles. The van der Waals surface area contributed by atoms with Crippen LogP contribution >= 0.6 is 0 Å². The van der Waals surface area contributed by atoms with Crippen molar-refractivity contribution in [3.05, 3.63) is 70.9 Å². The Bertz CT molecular complexity index is 1130. The SMILES string of the molecule is Cc1ccc(OCc2noc(C3(C)CC(C)(NC(=O)COc4ccc(C)c(C)c4)C3)n2)cc1. The molecule has 1 aromatic heterocycles. The minimum atomic E-state index is -0.342. The van der Waals surface area contributed by atoms with Crippen LogP contribution in [-0.4, -0.2) is 28.2 Å². The zero-order chi connectivity index (χ0) is 23.6. The summed E-state index contributed by atoms with van der Waals surface area (Å²) in [7, 11) is 0. The predicted molar refractivity (Wildman–Crippen MR) is 124 cm³/mol. The number of hydrogen-bond donors (Lipinski definition) is 1. The Hall–Kier alpha value is -3.35. The quantitative estimate of drug-likeness (QED) is 0.542. The van der Waals surface area contributed by atoms with Gasteiger partial charge in [0.1, 0.15) is 11.5 Å². The molecule has 174 valence electrons. The molecular weight excluding hydrogens is 418 g/mol. The predicted octanol–water partition coefficient (Wildman–Crippen LogP) is 4.58. The van der Waals surface area contributed by atoms with Crippen LogP contribution in [0.3, 0.4) is 0 Å². The Kier molecular flexibility index (Phi) is 6.15. The molecule has 7 nitrogen and oxygen atoms in total. The number of nitrogens with zero attached hydrogens (tertiary/aromatic N) is 2. The first-order valence-corrected chi connectivity index (χ1v) is 11.2. The number of aryl methyl sites for hydroxylation is 3. The van der Waals surface area contributed by atoms with Gasteiger partial charge in [0.15, 0.2) is 13.2 Å². The molecule has 0 radical (unpaired) electrons. The normalized spacial score (nSPS) is 21.8. The van der Waals surface area contributed by atoms with E-state index in [2.05, 4.69) is 22.4 Å². The van der Waals surface area contributed by atoms with Gasteiger partial charge in [0.2, 0.25) is 11.7 Å². The summed E-state index contributed by atoms with van der Waals surface area (Å²) in [6.45, 7) is 10.4. The zero-order valence-corrected chi connectivity index (χ0v) is 19.9. The number of hydrogen-bond acceptors (Lipinski definition) is 6. The molecule has 3 aromatic rings. The van der Waals surface area contributed by atoms with Crippen molar-refractivity contribution in [3.63, 3.8) is 0 Å². The number of nitrogens with one attached hydrogen (secondary N) is 1. The number of carbonyl (C=O) groups is 1. The van der Waals surface area contributed by atoms with Crippen LogP contribution in [0, 0.1) is 20.8 Å². The Morgan fingerprint density at radius 3 is 2.39 bits per heavy atom. The number of carbonyl (C=O) groups excluding carboxylic acids is 1. The van der Waals surface area contributed by atoms with E-state index in [1.807, 2.05) is 70.2 Å². The van der Waals surface area contributed by atoms with E-state index >= 15 is 0 Å². The second-order valence-corrected chi connectivity index (χ2v) is 9.68. The van der Waals surface area contributed by atoms with Gasteiger partial charge >= 0.3 is 0 Å². The maximum absolute atomic E-state index is 12.5. The topological polar surface area (TPSA) is 86.5 Å². The van der Waals surface area contributed by atoms with Crippen molar-refractivity contribution < 1.29 is 18.8 Å². The molecule has 0 spiro atoms. The highest BCUT2D eigenvalue weighted by atomic mass is 16.5. The second-order valence-electron chi connectivity index (χ2n) is 9.68. The first kappa shape index (κ1) is 22.8. The number of benzene rings is 2. The van der Waals surface area contributed by atoms with Gasteiger partial charge in [-0.25, -0.2) is 0 Å². The lowest BCUT2D eigenvalue weighted by Crippen LogP contribution is -2.61. The number of aromatic nitrogens is 2. The summed E-state index contributed by atoms with van der Waals surface area (Å²) in [6, 6.07) is 13.6. The molecule has 4 rings (SSSR count). The summed E-state index contributed by atoms with van der Waals surface area (Å²) >= 11 is 0. The van der Waals surface area contributed by atoms with Crippen molar-refractivity contribution in [3.8, 4) is 11.5 Å². The molecule has 1 N–H and O–H groups in total. The molecule has 0 unspecified atom stereocenters. The van der Waals surface area contributed by atoms with Crippen molar-refractivity contribution in [2.45, 2.75) is 65.0 Å². The van der Waals surface area contributed by atoms with Gasteiger partial charge in [0.05, 0.1) is 5.41 Å². The van der Waals surface area contributed by atoms with Crippen LogP contribution in [-0.2, 0) is 16.8 Å². The number of rotatable bonds is 8. The fourth-order valence-corrected chi connectivity index (χ4v) is 4.58. The van der Waals surface area contributed by atoms with Gasteiger partial charge in [-0.15, -0.1) is 0 Å². The van der Waals surface area contributed by atoms with Crippen LogP contribution in [0.25, 0.3) is 0 Å². The fourth-order valence-electron chi connectivity index (χ4n) is 4.58. The monoisotopic (exact) mass is 449 g/mol. The van der Waals surface area contributed by atoms with Crippen molar-refractivity contribution in [1.29, 1.82) is 0 Å². The molecule has 0 bridgehead atoms. The summed E-state index contributed by atoms with van der Waals surface area (Å²) in [4.78, 5) is 17.0. The van der Waals surface area contributed by atoms with E-state index in [4.69, 9.17) is 14.0 Å². The van der Waals surface area contributed by atoms with Crippen LogP contribution in [0.4, 0.5) is 0 Å². The Balaban J connectivity index is 1.27. The van der Waals surface area contributed by atoms with Crippen molar-refractivity contribution in [2.24, 2.45) is 0 Å². The first-order chi connectivity index (χ1) is 15.6. The molecule has 1 fully saturated rings. The smallest absolute Gasteiger partial charge is 0.258 e. The van der Waals surface area contributed by atoms with Crippen molar-refractivity contribution >= 4 is 5.91 Å². The third-order valence-electron chi connectivity index (χ3n) is 6.22. The van der Waals surface area contributed by atoms with Crippen LogP contribution < -0.4 is 14.8 Å². The minimum Gasteiger partial charge on any atom is -0.485 e. The standard InChI is InChI=1S/C26H31N3O4/c1-17-6-9-20(10-7-17)31-13-22-27-24(33-29-22)25(4)15-26(5,16-25)28-23(30)14-32-21-11-8-18(2)19(3)12-21/h6-12H,13-16H2,1-5H3,(H,28,30). The molecular formula is C26H31N3O4. The lowest BCUT2D eigenvalue weighted by molar-refractivity contribution is -0.127. The second kappa shape index (κ2) is 8.89. The van der Waals surface area contributed by atoms with E-state index in [-0.39, 0.29) is 30.1 Å². The average Bonchev–Trinajstić information content (AvgIpc) is 3.23. The van der Waals surface area contributed by atoms with E-state index in [0.717, 1.165) is 11.3 Å². The van der Waals surface area contributed by atoms with Crippen molar-refractivity contribution in [2.75, 3.05) is 6.61 Å². The van der Waals surface area contributed by atoms with E-state index < -0.39 is 0 Å². The fraction of sp³-hybridized carbons (Fsp3) is 0.423. The van der Waals surface area contributed by atoms with Gasteiger partial charge in [0, 0.05) is 5.54 Å². The molecule has 7 heteroatoms. The van der Waals surface area contributed by atoms with Gasteiger partial charge < -0.3 is 19.3 Å². The summed E-state index contributed by atoms with van der Waals surface area (Å²) in [6.07, 6.45) is 1.41. The molecule has 1 saturated carbocycles. The highest BCUT2D eigenvalue weighted by molar-refractivity contribution is 5.78. The Morgan fingerprint density at radius 1 is 1.00 bits per heavy atom. The van der Waals surface area contributed by atoms with E-state index in [1.165, 1.54) is 11.1 Å². The minimum absolute atomic E-state index is 0.0180. The number of ether oxygens (including phenoxy) is 2. The van der Waals surface area contributed by atoms with Gasteiger partial charge in [-0.1, -0.05) is 35.8 Å². The van der Waals surface area contributed by atoms with Crippen LogP contribution in [0.2, 0.25) is 0 Å². The maximum atomic E-state index is 12.5. The molecule has 1 aliphatic rings. The summed E-state index contributed by atoms with van der Waals surface area (Å²) in [5, 5.41) is 7.16. The van der Waals surface area contributed by atoms with Gasteiger partial charge in [-0.3, -0.25) is 4.79 Å². The molecule has 0 saturated heterocycles. The Labute approximate surface area is 194 Å². The summed E-state index contributed by atoms with van der Waals surface area (Å²) in [5.41, 5.74) is 2.88. The van der Waals surface area contributed by atoms with E-state index in [0.29, 0.717) is 30.3 Å². The molecule has 33 heavy (non-hydrogen) atoms. The van der Waals surface area contributed by atoms with E-state index in [9.17, 15) is 4.79 Å². The van der Waals surface area contributed by atoms with Crippen LogP contribution in [0.5, 0.6) is 11.5 Å². The third-order valence-corrected chi connectivity index (χ3v) is 6.22. The highest BCUT2D eigenvalue weighted by Crippen LogP contribution is 2.49.